The summed E-state index contributed by atoms with van der Waals surface area (Å²) in [5.41, 5.74) is 0. The van der Waals surface area contributed by atoms with Gasteiger partial charge in [-0.25, -0.2) is 0 Å². The van der Waals surface area contributed by atoms with E-state index in [1.807, 2.05) is 6.08 Å². The van der Waals surface area contributed by atoms with Crippen molar-refractivity contribution in [1.82, 2.24) is 5.32 Å². The first kappa shape index (κ1) is 54.8. The van der Waals surface area contributed by atoms with Crippen LogP contribution in [0.1, 0.15) is 136 Å². The number of carbonyl (C=O) groups excluding carboxylic acids is 1. The van der Waals surface area contributed by atoms with Crippen molar-refractivity contribution in [2.24, 2.45) is 0 Å². The minimum Gasteiger partial charge on any atom is -0.394 e. The molecule has 12 atom stereocenters. The highest BCUT2D eigenvalue weighted by molar-refractivity contribution is 5.76. The van der Waals surface area contributed by atoms with Crippen molar-refractivity contribution < 1.29 is 64.6 Å². The molecule has 2 saturated heterocycles. The van der Waals surface area contributed by atoms with Gasteiger partial charge in [-0.15, -0.1) is 0 Å². The van der Waals surface area contributed by atoms with Crippen LogP contribution in [0, 0.1) is 0 Å². The summed E-state index contributed by atoms with van der Waals surface area (Å²) in [5.74, 6) is -0.273. The molecule has 14 nitrogen and oxygen atoms in total. The first-order valence-corrected chi connectivity index (χ1v) is 23.0. The van der Waals surface area contributed by atoms with Crippen molar-refractivity contribution in [3.63, 3.8) is 0 Å². The Kier molecular flexibility index (Phi) is 30.7. The number of aliphatic hydroxyl groups excluding tert-OH is 8. The van der Waals surface area contributed by atoms with E-state index in [1.54, 1.807) is 6.08 Å². The molecule has 12 unspecified atom stereocenters. The van der Waals surface area contributed by atoms with Gasteiger partial charge in [0, 0.05) is 6.42 Å². The highest BCUT2D eigenvalue weighted by Gasteiger charge is 2.50. The first-order valence-electron chi connectivity index (χ1n) is 23.0. The fourth-order valence-corrected chi connectivity index (χ4v) is 7.04. The molecule has 2 aliphatic heterocycles. The molecule has 2 aliphatic rings. The SMILES string of the molecule is CCCC/C=C\C/C=C\CCCCCCCC(=O)NC(COC1OC(CO)C(OC2OC(CO)C(O)C(O)C2O)C(O)C1O)C(O)/C=C/CC/C=C/CC/C=C/CCCCC. The fourth-order valence-electron chi connectivity index (χ4n) is 7.04. The third-order valence-corrected chi connectivity index (χ3v) is 10.9. The Hall–Kier alpha value is -2.31. The molecule has 0 saturated carbocycles. The van der Waals surface area contributed by atoms with E-state index in [0.717, 1.165) is 70.6 Å². The average Bonchev–Trinajstić information content (AvgIpc) is 3.26. The molecule has 2 heterocycles. The molecular formula is C47H81NO13. The Morgan fingerprint density at radius 1 is 0.590 bits per heavy atom. The minimum absolute atomic E-state index is 0.251. The second-order valence-corrected chi connectivity index (χ2v) is 16.2. The number of nitrogens with one attached hydrogen (secondary N) is 1. The molecule has 2 fully saturated rings. The van der Waals surface area contributed by atoms with Crippen molar-refractivity contribution in [3.05, 3.63) is 60.8 Å². The molecule has 14 heteroatoms. The van der Waals surface area contributed by atoms with E-state index < -0.39 is 86.8 Å². The van der Waals surface area contributed by atoms with Crippen LogP contribution in [-0.2, 0) is 23.7 Å². The minimum atomic E-state index is -1.79. The van der Waals surface area contributed by atoms with E-state index in [9.17, 15) is 45.6 Å². The maximum atomic E-state index is 13.1. The first-order chi connectivity index (χ1) is 29.6. The molecule has 9 N–H and O–H groups in total. The summed E-state index contributed by atoms with van der Waals surface area (Å²) >= 11 is 0. The average molecular weight is 868 g/mol. The number of hydrogen-bond acceptors (Lipinski definition) is 13. The Labute approximate surface area is 365 Å². The van der Waals surface area contributed by atoms with Crippen molar-refractivity contribution in [2.45, 2.75) is 209 Å². The van der Waals surface area contributed by atoms with Crippen LogP contribution in [0.2, 0.25) is 0 Å². The van der Waals surface area contributed by atoms with Gasteiger partial charge in [-0.05, 0) is 70.6 Å². The van der Waals surface area contributed by atoms with Gasteiger partial charge in [0.25, 0.3) is 0 Å². The van der Waals surface area contributed by atoms with Gasteiger partial charge in [0.1, 0.15) is 48.8 Å². The molecule has 0 bridgehead atoms. The molecule has 61 heavy (non-hydrogen) atoms. The van der Waals surface area contributed by atoms with E-state index in [-0.39, 0.29) is 18.9 Å². The van der Waals surface area contributed by atoms with Gasteiger partial charge in [0.15, 0.2) is 12.6 Å². The summed E-state index contributed by atoms with van der Waals surface area (Å²) in [4.78, 5) is 13.1. The van der Waals surface area contributed by atoms with Gasteiger partial charge in [-0.2, -0.15) is 0 Å². The maximum absolute atomic E-state index is 13.1. The number of rotatable bonds is 33. The van der Waals surface area contributed by atoms with Gasteiger partial charge >= 0.3 is 0 Å². The van der Waals surface area contributed by atoms with Crippen LogP contribution in [0.3, 0.4) is 0 Å². The fraction of sp³-hybridized carbons (Fsp3) is 0.766. The molecule has 0 aliphatic carbocycles. The normalized spacial score (nSPS) is 28.6. The number of allylic oxidation sites excluding steroid dienone is 9. The van der Waals surface area contributed by atoms with Crippen LogP contribution in [0.15, 0.2) is 60.8 Å². The Morgan fingerprint density at radius 2 is 1.11 bits per heavy atom. The summed E-state index contributed by atoms with van der Waals surface area (Å²) < 4.78 is 22.6. The Bertz CT molecular complexity index is 1260. The number of unbranched alkanes of at least 4 members (excludes halogenated alkanes) is 12. The summed E-state index contributed by atoms with van der Waals surface area (Å²) in [6.45, 7) is 2.63. The number of aliphatic hydroxyl groups is 8. The zero-order valence-corrected chi connectivity index (χ0v) is 36.9. The molecule has 352 valence electrons. The molecule has 0 aromatic rings. The van der Waals surface area contributed by atoms with Crippen LogP contribution in [0.25, 0.3) is 0 Å². The number of ether oxygens (including phenoxy) is 4. The van der Waals surface area contributed by atoms with Crippen molar-refractivity contribution >= 4 is 5.91 Å². The third kappa shape index (κ3) is 22.2. The van der Waals surface area contributed by atoms with E-state index in [2.05, 4.69) is 67.8 Å². The van der Waals surface area contributed by atoms with Crippen LogP contribution < -0.4 is 5.32 Å². The molecule has 0 spiro atoms. The molecule has 1 amide bonds. The maximum Gasteiger partial charge on any atom is 0.220 e. The number of carbonyl (C=O) groups is 1. The number of amides is 1. The lowest BCUT2D eigenvalue weighted by Gasteiger charge is -2.46. The lowest BCUT2D eigenvalue weighted by atomic mass is 9.97. The predicted octanol–water partition coefficient (Wildman–Crippen LogP) is 4.71. The molecule has 0 radical (unpaired) electrons. The molecule has 2 rings (SSSR count). The molecule has 0 aromatic carbocycles. The Balaban J connectivity index is 1.93. The Morgan fingerprint density at radius 3 is 1.75 bits per heavy atom. The van der Waals surface area contributed by atoms with Gasteiger partial charge in [-0.1, -0.05) is 120 Å². The van der Waals surface area contributed by atoms with Gasteiger partial charge in [0.2, 0.25) is 5.91 Å². The van der Waals surface area contributed by atoms with E-state index in [4.69, 9.17) is 18.9 Å². The monoisotopic (exact) mass is 868 g/mol. The van der Waals surface area contributed by atoms with Crippen LogP contribution in [0.4, 0.5) is 0 Å². The summed E-state index contributed by atoms with van der Waals surface area (Å²) in [7, 11) is 0. The van der Waals surface area contributed by atoms with Gasteiger partial charge < -0.3 is 65.1 Å². The van der Waals surface area contributed by atoms with Crippen LogP contribution >= 0.6 is 0 Å². The number of hydrogen-bond donors (Lipinski definition) is 9. The van der Waals surface area contributed by atoms with E-state index in [0.29, 0.717) is 12.8 Å². The smallest absolute Gasteiger partial charge is 0.220 e. The second-order valence-electron chi connectivity index (χ2n) is 16.2. The summed E-state index contributed by atoms with van der Waals surface area (Å²) in [6.07, 6.45) is 22.7. The quantitative estimate of drug-likeness (QED) is 0.0322. The van der Waals surface area contributed by atoms with Gasteiger partial charge in [-0.3, -0.25) is 4.79 Å². The highest BCUT2D eigenvalue weighted by atomic mass is 16.7. The standard InChI is InChI=1S/C47H81NO13/c1-3-5-7-9-11-13-15-17-19-21-23-25-27-29-31-39(52)48-35(36(51)30-28-26-24-22-20-18-16-14-12-10-8-6-4-2)34-58-46-44(57)42(55)45(38(33-50)60-46)61-47-43(56)41(54)40(53)37(32-49)59-47/h9,11-12,14-15,17,20,22,28,30,35-38,40-47,49-51,53-57H,3-8,10,13,16,18-19,21,23-27,29,31-34H2,1-2H3,(H,48,52)/b11-9-,14-12+,17-15-,22-20+,30-28+. The molecule has 0 aromatic heterocycles. The lowest BCUT2D eigenvalue weighted by Crippen LogP contribution is -2.65. The second kappa shape index (κ2) is 34.1. The third-order valence-electron chi connectivity index (χ3n) is 10.9. The molecular weight excluding hydrogens is 787 g/mol. The van der Waals surface area contributed by atoms with Crippen LogP contribution in [-0.4, -0.2) is 140 Å². The zero-order valence-electron chi connectivity index (χ0n) is 36.9. The van der Waals surface area contributed by atoms with Crippen molar-refractivity contribution in [1.29, 1.82) is 0 Å². The predicted molar refractivity (Wildman–Crippen MR) is 235 cm³/mol. The van der Waals surface area contributed by atoms with Crippen molar-refractivity contribution in [2.75, 3.05) is 19.8 Å². The van der Waals surface area contributed by atoms with E-state index >= 15 is 0 Å². The largest absolute Gasteiger partial charge is 0.394 e. The zero-order chi connectivity index (χ0) is 44.7. The highest BCUT2D eigenvalue weighted by Crippen LogP contribution is 2.30. The lowest BCUT2D eigenvalue weighted by molar-refractivity contribution is -0.359. The van der Waals surface area contributed by atoms with Crippen LogP contribution in [0.5, 0.6) is 0 Å². The summed E-state index contributed by atoms with van der Waals surface area (Å²) in [6, 6.07) is -0.944. The van der Waals surface area contributed by atoms with Crippen molar-refractivity contribution in [3.8, 4) is 0 Å². The van der Waals surface area contributed by atoms with Gasteiger partial charge in [0.05, 0.1) is 32.0 Å². The van der Waals surface area contributed by atoms with E-state index in [1.165, 1.54) is 32.1 Å². The topological polar surface area (TPSA) is 228 Å². The summed E-state index contributed by atoms with van der Waals surface area (Å²) in [5, 5.41) is 86.4.